The van der Waals surface area contributed by atoms with Crippen LogP contribution in [0.25, 0.3) is 0 Å². The van der Waals surface area contributed by atoms with E-state index in [2.05, 4.69) is 28.1 Å². The molecule has 3 aliphatic heterocycles. The number of hydrogen-bond acceptors (Lipinski definition) is 6. The summed E-state index contributed by atoms with van der Waals surface area (Å²) in [5, 5.41) is 26.6. The van der Waals surface area contributed by atoms with E-state index >= 15 is 0 Å². The molecule has 3 heterocycles. The van der Waals surface area contributed by atoms with Crippen LogP contribution in [0.1, 0.15) is 75.3 Å². The maximum atomic E-state index is 12.8. The van der Waals surface area contributed by atoms with Gasteiger partial charge in [0.15, 0.2) is 0 Å². The highest BCUT2D eigenvalue weighted by atomic mass is 16.3. The minimum Gasteiger partial charge on any atom is -0.391 e. The Morgan fingerprint density at radius 3 is 2.53 bits per heavy atom. The largest absolute Gasteiger partial charge is 0.391 e. The molecule has 0 radical (unpaired) electrons. The molecule has 2 saturated carbocycles. The van der Waals surface area contributed by atoms with Crippen LogP contribution in [-0.4, -0.2) is 65.0 Å². The average molecular weight is 490 g/mol. The highest BCUT2D eigenvalue weighted by Crippen LogP contribution is 2.53. The summed E-state index contributed by atoms with van der Waals surface area (Å²) in [6.07, 6.45) is 10.9. The molecule has 1 N–H and O–H groups in total. The van der Waals surface area contributed by atoms with Crippen LogP contribution in [0.4, 0.5) is 5.69 Å². The second kappa shape index (κ2) is 9.37. The highest BCUT2D eigenvalue weighted by Gasteiger charge is 2.50. The number of carbonyl (C=O) groups excluding carboxylic acids is 1. The molecule has 7 nitrogen and oxygen atoms in total. The van der Waals surface area contributed by atoms with Gasteiger partial charge in [-0.05, 0) is 87.0 Å². The molecule has 2 atom stereocenters. The summed E-state index contributed by atoms with van der Waals surface area (Å²) in [4.78, 5) is 17.2. The lowest BCUT2D eigenvalue weighted by atomic mass is 9.57. The predicted molar refractivity (Wildman–Crippen MR) is 139 cm³/mol. The SMILES string of the molecule is Cc1cc(N2N=C(N3CCC4(CC3)CC(C(=O)N3CC[C@@H](O)C3)C4)CC2C2CCCC2)ccc1C#N. The first-order chi connectivity index (χ1) is 17.4. The molecule has 192 valence electrons. The summed E-state index contributed by atoms with van der Waals surface area (Å²) in [5.74, 6) is 2.34. The van der Waals surface area contributed by atoms with E-state index in [0.717, 1.165) is 68.4 Å². The fourth-order valence-corrected chi connectivity index (χ4v) is 7.59. The summed E-state index contributed by atoms with van der Waals surface area (Å²) in [6.45, 7) is 5.31. The molecule has 5 aliphatic rings. The number of nitrogens with zero attached hydrogens (tertiary/aromatic N) is 5. The summed E-state index contributed by atoms with van der Waals surface area (Å²) >= 11 is 0. The molecular formula is C29H39N5O2. The van der Waals surface area contributed by atoms with Crippen molar-refractivity contribution in [3.05, 3.63) is 29.3 Å². The van der Waals surface area contributed by atoms with Crippen molar-refractivity contribution in [1.82, 2.24) is 9.80 Å². The fourth-order valence-electron chi connectivity index (χ4n) is 7.59. The number of likely N-dealkylation sites (tertiary alicyclic amines) is 2. The second-order valence-electron chi connectivity index (χ2n) is 12.1. The maximum Gasteiger partial charge on any atom is 0.225 e. The van der Waals surface area contributed by atoms with E-state index in [1.807, 2.05) is 17.9 Å². The Bertz CT molecular complexity index is 1070. The normalized spacial score (nSPS) is 28.5. The molecule has 0 aromatic heterocycles. The van der Waals surface area contributed by atoms with Crippen LogP contribution in [0.5, 0.6) is 0 Å². The highest BCUT2D eigenvalue weighted by molar-refractivity contribution is 5.87. The number of carbonyl (C=O) groups is 1. The Balaban J connectivity index is 1.11. The Morgan fingerprint density at radius 1 is 1.14 bits per heavy atom. The Morgan fingerprint density at radius 2 is 1.89 bits per heavy atom. The smallest absolute Gasteiger partial charge is 0.225 e. The molecule has 0 bridgehead atoms. The third-order valence-electron chi connectivity index (χ3n) is 9.84. The monoisotopic (exact) mass is 489 g/mol. The predicted octanol–water partition coefficient (Wildman–Crippen LogP) is 4.03. The zero-order valence-corrected chi connectivity index (χ0v) is 21.5. The van der Waals surface area contributed by atoms with Gasteiger partial charge in [0.05, 0.1) is 29.5 Å². The molecule has 7 heteroatoms. The van der Waals surface area contributed by atoms with Gasteiger partial charge in [0, 0.05) is 38.5 Å². The van der Waals surface area contributed by atoms with E-state index in [4.69, 9.17) is 5.10 Å². The van der Waals surface area contributed by atoms with Crippen molar-refractivity contribution in [3.8, 4) is 6.07 Å². The number of amidine groups is 1. The number of nitriles is 1. The van der Waals surface area contributed by atoms with Crippen molar-refractivity contribution in [2.24, 2.45) is 22.4 Å². The number of hydrogen-bond donors (Lipinski definition) is 1. The van der Waals surface area contributed by atoms with Crippen LogP contribution < -0.4 is 5.01 Å². The van der Waals surface area contributed by atoms with Gasteiger partial charge in [-0.25, -0.2) is 0 Å². The van der Waals surface area contributed by atoms with Crippen LogP contribution in [0.15, 0.2) is 23.3 Å². The molecule has 1 aromatic carbocycles. The third-order valence-corrected chi connectivity index (χ3v) is 9.84. The first kappa shape index (κ1) is 23.8. The number of anilines is 1. The zero-order valence-electron chi connectivity index (χ0n) is 21.5. The minimum atomic E-state index is -0.334. The lowest BCUT2D eigenvalue weighted by Crippen LogP contribution is -2.52. The number of hydrazone groups is 1. The molecule has 2 aliphatic carbocycles. The standard InChI is InChI=1S/C29H39N5O2/c1-20-14-24(7-6-22(20)18-30)34-26(21-4-2-3-5-21)15-27(31-34)32-12-9-29(10-13-32)16-23(17-29)28(36)33-11-8-25(35)19-33/h6-7,14,21,23,25-26,35H,2-5,8-13,15-17,19H2,1H3/t25-,26?/m1/s1. The van der Waals surface area contributed by atoms with Gasteiger partial charge in [0.1, 0.15) is 5.84 Å². The molecule has 4 fully saturated rings. The van der Waals surface area contributed by atoms with Gasteiger partial charge in [-0.2, -0.15) is 10.4 Å². The lowest BCUT2D eigenvalue weighted by Gasteiger charge is -2.52. The molecule has 6 rings (SSSR count). The van der Waals surface area contributed by atoms with Crippen LogP contribution in [0.2, 0.25) is 0 Å². The molecule has 1 aromatic rings. The first-order valence-corrected chi connectivity index (χ1v) is 14.0. The van der Waals surface area contributed by atoms with E-state index in [0.29, 0.717) is 30.5 Å². The van der Waals surface area contributed by atoms with Crippen LogP contribution in [0, 0.1) is 35.5 Å². The van der Waals surface area contributed by atoms with E-state index < -0.39 is 0 Å². The van der Waals surface area contributed by atoms with Crippen molar-refractivity contribution < 1.29 is 9.90 Å². The average Bonchev–Trinajstić information content (AvgIpc) is 3.63. The van der Waals surface area contributed by atoms with Crippen LogP contribution in [0.3, 0.4) is 0 Å². The number of aryl methyl sites for hydroxylation is 1. The molecule has 1 amide bonds. The number of β-amino-alcohol motifs (C(OH)–C–C–N with tert-alkyl or cyclic N) is 1. The number of benzene rings is 1. The van der Waals surface area contributed by atoms with Gasteiger partial charge < -0.3 is 14.9 Å². The van der Waals surface area contributed by atoms with E-state index in [1.54, 1.807) is 0 Å². The molecule has 2 saturated heterocycles. The fraction of sp³-hybridized carbons (Fsp3) is 0.690. The zero-order chi connectivity index (χ0) is 24.9. The maximum absolute atomic E-state index is 12.8. The number of amides is 1. The Labute approximate surface area is 214 Å². The number of piperidine rings is 1. The van der Waals surface area contributed by atoms with Crippen LogP contribution >= 0.6 is 0 Å². The minimum absolute atomic E-state index is 0.160. The topological polar surface area (TPSA) is 83.2 Å². The van der Waals surface area contributed by atoms with Gasteiger partial charge in [-0.15, -0.1) is 0 Å². The third kappa shape index (κ3) is 4.28. The van der Waals surface area contributed by atoms with Gasteiger partial charge in [0.25, 0.3) is 0 Å². The van der Waals surface area contributed by atoms with Crippen molar-refractivity contribution in [1.29, 1.82) is 5.26 Å². The summed E-state index contributed by atoms with van der Waals surface area (Å²) < 4.78 is 0. The summed E-state index contributed by atoms with van der Waals surface area (Å²) in [6, 6.07) is 8.83. The van der Waals surface area contributed by atoms with Gasteiger partial charge in [-0.3, -0.25) is 9.80 Å². The number of aliphatic hydroxyl groups excluding tert-OH is 1. The van der Waals surface area contributed by atoms with Gasteiger partial charge in [0.2, 0.25) is 5.91 Å². The molecule has 36 heavy (non-hydrogen) atoms. The Kier molecular flexibility index (Phi) is 6.19. The van der Waals surface area contributed by atoms with Crippen molar-refractivity contribution >= 4 is 17.4 Å². The van der Waals surface area contributed by atoms with E-state index in [-0.39, 0.29) is 17.9 Å². The number of rotatable bonds is 3. The number of aliphatic hydroxyl groups is 1. The van der Waals surface area contributed by atoms with Crippen LogP contribution in [-0.2, 0) is 4.79 Å². The van der Waals surface area contributed by atoms with Gasteiger partial charge >= 0.3 is 0 Å². The lowest BCUT2D eigenvalue weighted by molar-refractivity contribution is -0.144. The second-order valence-corrected chi connectivity index (χ2v) is 12.1. The quantitative estimate of drug-likeness (QED) is 0.693. The molecule has 1 spiro atoms. The van der Waals surface area contributed by atoms with E-state index in [1.165, 1.54) is 31.5 Å². The van der Waals surface area contributed by atoms with E-state index in [9.17, 15) is 15.2 Å². The van der Waals surface area contributed by atoms with Crippen molar-refractivity contribution in [2.75, 3.05) is 31.2 Å². The molecule has 1 unspecified atom stereocenters. The van der Waals surface area contributed by atoms with Crippen molar-refractivity contribution in [2.45, 2.75) is 83.3 Å². The first-order valence-electron chi connectivity index (χ1n) is 14.0. The summed E-state index contributed by atoms with van der Waals surface area (Å²) in [7, 11) is 0. The summed E-state index contributed by atoms with van der Waals surface area (Å²) in [5.41, 5.74) is 3.18. The molecular weight excluding hydrogens is 450 g/mol. The van der Waals surface area contributed by atoms with Crippen molar-refractivity contribution in [3.63, 3.8) is 0 Å². The Hall–Kier alpha value is -2.59. The van der Waals surface area contributed by atoms with Gasteiger partial charge in [-0.1, -0.05) is 12.8 Å².